The normalized spacial score (nSPS) is 11.3. The molecule has 0 N–H and O–H groups in total. The highest BCUT2D eigenvalue weighted by Crippen LogP contribution is 2.33. The molecule has 4 nitrogen and oxygen atoms in total. The minimum atomic E-state index is 0.0216. The zero-order valence-electron chi connectivity index (χ0n) is 18.8. The van der Waals surface area contributed by atoms with Crippen LogP contribution in [0.3, 0.4) is 0 Å². The van der Waals surface area contributed by atoms with E-state index in [4.69, 9.17) is 4.98 Å². The largest absolute Gasteiger partial charge is 0.282 e. The Morgan fingerprint density at radius 2 is 1.88 bits per heavy atom. The average Bonchev–Trinajstić information content (AvgIpc) is 3.18. The van der Waals surface area contributed by atoms with Crippen molar-refractivity contribution >= 4 is 44.4 Å². The number of amides is 1. The van der Waals surface area contributed by atoms with Gasteiger partial charge in [0.15, 0.2) is 5.13 Å². The third-order valence-electron chi connectivity index (χ3n) is 5.05. The van der Waals surface area contributed by atoms with Crippen LogP contribution in [0.4, 0.5) is 5.13 Å². The molecule has 2 heterocycles. The van der Waals surface area contributed by atoms with Gasteiger partial charge in [0.2, 0.25) is 5.91 Å². The Morgan fingerprint density at radius 3 is 2.56 bits per heavy atom. The summed E-state index contributed by atoms with van der Waals surface area (Å²) in [6.07, 6.45) is 2.09. The van der Waals surface area contributed by atoms with E-state index in [1.807, 2.05) is 42.1 Å². The first-order valence-electron chi connectivity index (χ1n) is 10.7. The van der Waals surface area contributed by atoms with E-state index in [-0.39, 0.29) is 5.91 Å². The molecule has 0 aliphatic heterocycles. The lowest BCUT2D eigenvalue weighted by Gasteiger charge is -2.19. The molecule has 0 aliphatic carbocycles. The van der Waals surface area contributed by atoms with Crippen LogP contribution in [-0.4, -0.2) is 21.1 Å². The van der Waals surface area contributed by atoms with Crippen molar-refractivity contribution in [3.05, 3.63) is 83.2 Å². The quantitative estimate of drug-likeness (QED) is 0.292. The Morgan fingerprint density at radius 1 is 1.09 bits per heavy atom. The fraction of sp³-hybridized carbons (Fsp3) is 0.269. The molecule has 0 saturated carbocycles. The zero-order valence-corrected chi connectivity index (χ0v) is 20.5. The van der Waals surface area contributed by atoms with Crippen molar-refractivity contribution in [1.29, 1.82) is 0 Å². The number of thioether (sulfide) groups is 1. The number of hydrogen-bond donors (Lipinski definition) is 0. The monoisotopic (exact) mass is 461 g/mol. The van der Waals surface area contributed by atoms with E-state index in [1.54, 1.807) is 22.4 Å². The second-order valence-electron chi connectivity index (χ2n) is 8.21. The van der Waals surface area contributed by atoms with Crippen LogP contribution in [0.25, 0.3) is 10.2 Å². The van der Waals surface area contributed by atoms with Gasteiger partial charge in [0.05, 0.1) is 28.9 Å². The van der Waals surface area contributed by atoms with Crippen LogP contribution in [0.1, 0.15) is 36.2 Å². The summed E-state index contributed by atoms with van der Waals surface area (Å²) < 4.78 is 1.10. The van der Waals surface area contributed by atoms with Crippen LogP contribution in [-0.2, 0) is 17.8 Å². The lowest BCUT2D eigenvalue weighted by atomic mass is 10.1. The third kappa shape index (κ3) is 5.37. The predicted octanol–water partition coefficient (Wildman–Crippen LogP) is 6.58. The summed E-state index contributed by atoms with van der Waals surface area (Å²) in [7, 11) is 0. The summed E-state index contributed by atoms with van der Waals surface area (Å²) in [5.41, 5.74) is 5.14. The Bertz CT molecular complexity index is 1220. The van der Waals surface area contributed by atoms with Gasteiger partial charge in [-0.3, -0.25) is 14.7 Å². The number of aromatic nitrogens is 2. The van der Waals surface area contributed by atoms with Crippen LogP contribution in [0.15, 0.2) is 65.7 Å². The van der Waals surface area contributed by atoms with Gasteiger partial charge >= 0.3 is 0 Å². The summed E-state index contributed by atoms with van der Waals surface area (Å²) in [5, 5.41) is 1.25. The lowest BCUT2D eigenvalue weighted by Crippen LogP contribution is -2.32. The molecule has 32 heavy (non-hydrogen) atoms. The van der Waals surface area contributed by atoms with E-state index in [9.17, 15) is 4.79 Å². The molecule has 0 bridgehead atoms. The molecule has 2 aromatic heterocycles. The van der Waals surface area contributed by atoms with Crippen molar-refractivity contribution < 1.29 is 4.79 Å². The fourth-order valence-electron chi connectivity index (χ4n) is 3.62. The Balaban J connectivity index is 1.63. The zero-order chi connectivity index (χ0) is 22.7. The smallest absolute Gasteiger partial charge is 0.233 e. The van der Waals surface area contributed by atoms with Gasteiger partial charge in [-0.05, 0) is 60.9 Å². The molecule has 1 amide bonds. The highest BCUT2D eigenvalue weighted by molar-refractivity contribution is 7.99. The molecule has 164 valence electrons. The first-order valence-corrected chi connectivity index (χ1v) is 12.4. The van der Waals surface area contributed by atoms with Crippen LogP contribution < -0.4 is 4.90 Å². The van der Waals surface area contributed by atoms with Gasteiger partial charge in [0.1, 0.15) is 0 Å². The molecule has 0 fully saturated rings. The SMILES string of the molecule is Cc1cc(C)c2nc(N(Cc3ccccn3)C(=O)Cc3ccc(SC(C)C)cc3)sc2c1. The van der Waals surface area contributed by atoms with E-state index < -0.39 is 0 Å². The molecule has 0 atom stereocenters. The minimum Gasteiger partial charge on any atom is -0.282 e. The average molecular weight is 462 g/mol. The van der Waals surface area contributed by atoms with Gasteiger partial charge in [-0.2, -0.15) is 0 Å². The molecule has 0 spiro atoms. The standard InChI is InChI=1S/C26H27N3OS2/c1-17(2)31-22-10-8-20(9-11-22)15-24(30)29(16-21-7-5-6-12-27-21)26-28-25-19(4)13-18(3)14-23(25)32-26/h5-14,17H,15-16H2,1-4H3. The topological polar surface area (TPSA) is 46.1 Å². The highest BCUT2D eigenvalue weighted by Gasteiger charge is 2.21. The van der Waals surface area contributed by atoms with E-state index in [2.05, 4.69) is 56.9 Å². The number of hydrogen-bond acceptors (Lipinski definition) is 5. The van der Waals surface area contributed by atoms with Crippen molar-refractivity contribution in [3.63, 3.8) is 0 Å². The number of carbonyl (C=O) groups is 1. The van der Waals surface area contributed by atoms with Crippen LogP contribution in [0.2, 0.25) is 0 Å². The van der Waals surface area contributed by atoms with Crippen molar-refractivity contribution in [2.24, 2.45) is 0 Å². The van der Waals surface area contributed by atoms with Gasteiger partial charge in [-0.15, -0.1) is 11.8 Å². The second-order valence-corrected chi connectivity index (χ2v) is 10.9. The number of nitrogens with zero attached hydrogens (tertiary/aromatic N) is 3. The van der Waals surface area contributed by atoms with E-state index in [1.165, 1.54) is 10.5 Å². The van der Waals surface area contributed by atoms with Gasteiger partial charge in [0, 0.05) is 16.3 Å². The van der Waals surface area contributed by atoms with Crippen LogP contribution in [0, 0.1) is 13.8 Å². The van der Waals surface area contributed by atoms with E-state index >= 15 is 0 Å². The molecular weight excluding hydrogens is 434 g/mol. The number of rotatable bonds is 7. The second kappa shape index (κ2) is 9.84. The van der Waals surface area contributed by atoms with Gasteiger partial charge in [0.25, 0.3) is 0 Å². The van der Waals surface area contributed by atoms with E-state index in [0.29, 0.717) is 18.2 Å². The van der Waals surface area contributed by atoms with Crippen molar-refractivity contribution in [2.75, 3.05) is 4.90 Å². The van der Waals surface area contributed by atoms with Gasteiger partial charge < -0.3 is 0 Å². The molecule has 0 radical (unpaired) electrons. The minimum absolute atomic E-state index is 0.0216. The van der Waals surface area contributed by atoms with Crippen LogP contribution >= 0.6 is 23.1 Å². The number of carbonyl (C=O) groups excluding carboxylic acids is 1. The maximum Gasteiger partial charge on any atom is 0.233 e. The number of fused-ring (bicyclic) bond motifs is 1. The lowest BCUT2D eigenvalue weighted by molar-refractivity contribution is -0.118. The molecular formula is C26H27N3OS2. The molecule has 0 aliphatic rings. The van der Waals surface area contributed by atoms with Crippen molar-refractivity contribution in [2.45, 2.75) is 50.8 Å². The van der Waals surface area contributed by atoms with Crippen molar-refractivity contribution in [1.82, 2.24) is 9.97 Å². The first-order chi connectivity index (χ1) is 15.4. The number of anilines is 1. The molecule has 0 saturated heterocycles. The fourth-order valence-corrected chi connectivity index (χ4v) is 5.61. The number of benzene rings is 2. The number of pyridine rings is 1. The predicted molar refractivity (Wildman–Crippen MR) is 136 cm³/mol. The third-order valence-corrected chi connectivity index (χ3v) is 7.09. The van der Waals surface area contributed by atoms with Gasteiger partial charge in [-0.1, -0.05) is 49.4 Å². The first kappa shape index (κ1) is 22.5. The molecule has 4 aromatic rings. The highest BCUT2D eigenvalue weighted by atomic mass is 32.2. The molecule has 4 rings (SSSR count). The number of aryl methyl sites for hydroxylation is 2. The summed E-state index contributed by atoms with van der Waals surface area (Å²) >= 11 is 3.39. The number of thiazole rings is 1. The molecule has 0 unspecified atom stereocenters. The summed E-state index contributed by atoms with van der Waals surface area (Å²) in [6.45, 7) is 8.92. The van der Waals surface area contributed by atoms with Crippen LogP contribution in [0.5, 0.6) is 0 Å². The Labute approximate surface area is 197 Å². The van der Waals surface area contributed by atoms with E-state index in [0.717, 1.165) is 32.2 Å². The van der Waals surface area contributed by atoms with Gasteiger partial charge in [-0.25, -0.2) is 4.98 Å². The molecule has 6 heteroatoms. The maximum absolute atomic E-state index is 13.5. The van der Waals surface area contributed by atoms with Crippen molar-refractivity contribution in [3.8, 4) is 0 Å². The Hall–Kier alpha value is -2.70. The summed E-state index contributed by atoms with van der Waals surface area (Å²) in [4.78, 5) is 25.8. The molecule has 2 aromatic carbocycles. The maximum atomic E-state index is 13.5. The summed E-state index contributed by atoms with van der Waals surface area (Å²) in [6, 6.07) is 18.3. The summed E-state index contributed by atoms with van der Waals surface area (Å²) in [5.74, 6) is 0.0216. The Kier molecular flexibility index (Phi) is 6.92.